The lowest BCUT2D eigenvalue weighted by atomic mass is 9.89. The van der Waals surface area contributed by atoms with Gasteiger partial charge in [0.05, 0.1) is 6.10 Å². The molecular weight excluding hydrogens is 463 g/mol. The van der Waals surface area contributed by atoms with E-state index in [9.17, 15) is 27.6 Å². The molecule has 1 aliphatic carbocycles. The van der Waals surface area contributed by atoms with Gasteiger partial charge in [-0.25, -0.2) is 13.2 Å². The number of amides is 3. The summed E-state index contributed by atoms with van der Waals surface area (Å²) in [7, 11) is 0. The van der Waals surface area contributed by atoms with Crippen molar-refractivity contribution in [3.63, 3.8) is 0 Å². The molecule has 2 atom stereocenters. The van der Waals surface area contributed by atoms with Crippen LogP contribution < -0.4 is 16.0 Å². The molecule has 1 aromatic carbocycles. The van der Waals surface area contributed by atoms with Crippen molar-refractivity contribution in [3.05, 3.63) is 34.6 Å². The van der Waals surface area contributed by atoms with E-state index in [1.54, 1.807) is 12.1 Å². The molecule has 3 heterocycles. The first kappa shape index (κ1) is 25.6. The third-order valence-electron chi connectivity index (χ3n) is 7.11. The molecule has 0 spiro atoms. The van der Waals surface area contributed by atoms with Gasteiger partial charge < -0.3 is 15.4 Å². The average Bonchev–Trinajstić information content (AvgIpc) is 3.20. The quantitative estimate of drug-likeness (QED) is 0.558. The second kappa shape index (κ2) is 11.1. The molecule has 2 saturated heterocycles. The highest BCUT2D eigenvalue weighted by atomic mass is 19.3. The standard InChI is InChI=1S/C20H25F3N2O2.C5H7NO2/c21-18-12(3-4-14-15(18)11-24-19(14)26)10-17-16(2-1-9-27-17)25-13-5-7-20(22,23)8-6-13;7-4-2-1-3-5(8)6-4/h3-4,13,16-17,25H,1-2,5-11H2,(H,24,26);1-3H2,(H,6,7,8)/t16-,17+;/m0./s1. The highest BCUT2D eigenvalue weighted by Crippen LogP contribution is 2.34. The largest absolute Gasteiger partial charge is 0.376 e. The number of imide groups is 1. The first-order valence-electron chi connectivity index (χ1n) is 12.4. The Hall–Kier alpha value is -2.46. The normalized spacial score (nSPS) is 26.3. The van der Waals surface area contributed by atoms with Crippen LogP contribution in [0.4, 0.5) is 13.2 Å². The summed E-state index contributed by atoms with van der Waals surface area (Å²) in [5.74, 6) is -3.39. The highest BCUT2D eigenvalue weighted by Gasteiger charge is 2.37. The summed E-state index contributed by atoms with van der Waals surface area (Å²) in [6, 6.07) is 3.42. The Balaban J connectivity index is 0.000000308. The van der Waals surface area contributed by atoms with Crippen LogP contribution in [0.25, 0.3) is 0 Å². The van der Waals surface area contributed by atoms with Crippen molar-refractivity contribution in [2.24, 2.45) is 0 Å². The number of halogens is 3. The molecule has 0 aromatic heterocycles. The van der Waals surface area contributed by atoms with Gasteiger partial charge in [0.25, 0.3) is 5.91 Å². The minimum Gasteiger partial charge on any atom is -0.376 e. The average molecular weight is 496 g/mol. The van der Waals surface area contributed by atoms with Crippen molar-refractivity contribution in [1.82, 2.24) is 16.0 Å². The Morgan fingerprint density at radius 3 is 2.40 bits per heavy atom. The lowest BCUT2D eigenvalue weighted by molar-refractivity contribution is -0.132. The van der Waals surface area contributed by atoms with Crippen LogP contribution in [0.3, 0.4) is 0 Å². The molecule has 1 saturated carbocycles. The van der Waals surface area contributed by atoms with Gasteiger partial charge in [-0.15, -0.1) is 0 Å². The Morgan fingerprint density at radius 2 is 1.74 bits per heavy atom. The summed E-state index contributed by atoms with van der Waals surface area (Å²) in [5, 5.41) is 8.34. The Labute approximate surface area is 202 Å². The van der Waals surface area contributed by atoms with E-state index in [2.05, 4.69) is 16.0 Å². The monoisotopic (exact) mass is 495 g/mol. The zero-order valence-corrected chi connectivity index (χ0v) is 19.6. The van der Waals surface area contributed by atoms with Gasteiger partial charge in [0.15, 0.2) is 0 Å². The van der Waals surface area contributed by atoms with E-state index in [1.165, 1.54) is 0 Å². The van der Waals surface area contributed by atoms with Crippen molar-refractivity contribution in [1.29, 1.82) is 0 Å². The van der Waals surface area contributed by atoms with E-state index in [0.717, 1.165) is 12.8 Å². The van der Waals surface area contributed by atoms with E-state index < -0.39 is 5.92 Å². The number of ether oxygens (including phenoxy) is 1. The van der Waals surface area contributed by atoms with Crippen molar-refractivity contribution in [2.45, 2.75) is 94.9 Å². The van der Waals surface area contributed by atoms with Crippen LogP contribution in [0, 0.1) is 5.82 Å². The molecule has 5 rings (SSSR count). The zero-order chi connectivity index (χ0) is 25.0. The van der Waals surface area contributed by atoms with Crippen molar-refractivity contribution >= 4 is 17.7 Å². The second-order valence-corrected chi connectivity index (χ2v) is 9.73. The molecule has 10 heteroatoms. The molecule has 1 aromatic rings. The predicted octanol–water partition coefficient (Wildman–Crippen LogP) is 3.14. The van der Waals surface area contributed by atoms with Crippen LogP contribution in [0.2, 0.25) is 0 Å². The van der Waals surface area contributed by atoms with E-state index in [0.29, 0.717) is 61.8 Å². The number of rotatable bonds is 4. The minimum absolute atomic E-state index is 0.0304. The second-order valence-electron chi connectivity index (χ2n) is 9.73. The van der Waals surface area contributed by atoms with Crippen molar-refractivity contribution < 1.29 is 32.3 Å². The zero-order valence-electron chi connectivity index (χ0n) is 19.6. The van der Waals surface area contributed by atoms with Crippen LogP contribution in [-0.4, -0.2) is 48.4 Å². The van der Waals surface area contributed by atoms with Gasteiger partial charge in [-0.05, 0) is 43.7 Å². The maximum Gasteiger partial charge on any atom is 0.252 e. The van der Waals surface area contributed by atoms with Gasteiger partial charge >= 0.3 is 0 Å². The van der Waals surface area contributed by atoms with Gasteiger partial charge in [-0.3, -0.25) is 19.7 Å². The van der Waals surface area contributed by atoms with Gasteiger partial charge in [-0.2, -0.15) is 0 Å². The Morgan fingerprint density at radius 1 is 1.03 bits per heavy atom. The Bertz CT molecular complexity index is 948. The number of nitrogens with one attached hydrogen (secondary N) is 3. The molecular formula is C25H32F3N3O4. The molecule has 0 bridgehead atoms. The molecule has 3 aliphatic heterocycles. The number of carbonyl (C=O) groups excluding carboxylic acids is 3. The number of hydrogen-bond acceptors (Lipinski definition) is 5. The summed E-state index contributed by atoms with van der Waals surface area (Å²) < 4.78 is 47.5. The van der Waals surface area contributed by atoms with Crippen molar-refractivity contribution in [2.75, 3.05) is 6.61 Å². The summed E-state index contributed by atoms with van der Waals surface area (Å²) in [6.45, 7) is 0.843. The topological polar surface area (TPSA) is 96.5 Å². The number of piperidine rings is 1. The maximum atomic E-state index is 14.8. The molecule has 0 unspecified atom stereocenters. The third kappa shape index (κ3) is 6.61. The van der Waals surface area contributed by atoms with Crippen LogP contribution in [0.15, 0.2) is 12.1 Å². The number of benzene rings is 1. The van der Waals surface area contributed by atoms with Gasteiger partial charge in [0, 0.05) is 68.5 Å². The fourth-order valence-corrected chi connectivity index (χ4v) is 5.12. The smallest absolute Gasteiger partial charge is 0.252 e. The molecule has 4 aliphatic rings. The fraction of sp³-hybridized carbons (Fsp3) is 0.640. The van der Waals surface area contributed by atoms with Crippen molar-refractivity contribution in [3.8, 4) is 0 Å². The summed E-state index contributed by atoms with van der Waals surface area (Å²) in [4.78, 5) is 32.4. The number of carbonyl (C=O) groups is 3. The lowest BCUT2D eigenvalue weighted by Gasteiger charge is -2.37. The first-order chi connectivity index (χ1) is 16.7. The summed E-state index contributed by atoms with van der Waals surface area (Å²) >= 11 is 0. The van der Waals surface area contributed by atoms with Gasteiger partial charge in [-0.1, -0.05) is 6.07 Å². The van der Waals surface area contributed by atoms with Crippen LogP contribution in [0.5, 0.6) is 0 Å². The van der Waals surface area contributed by atoms with Crippen LogP contribution in [0.1, 0.15) is 79.3 Å². The van der Waals surface area contributed by atoms with E-state index >= 15 is 0 Å². The maximum absolute atomic E-state index is 14.8. The summed E-state index contributed by atoms with van der Waals surface area (Å²) in [6.07, 6.45) is 4.49. The number of hydrogen-bond donors (Lipinski definition) is 3. The number of fused-ring (bicyclic) bond motifs is 1. The minimum atomic E-state index is -2.54. The van der Waals surface area contributed by atoms with E-state index in [4.69, 9.17) is 4.74 Å². The van der Waals surface area contributed by atoms with Crippen LogP contribution in [-0.2, 0) is 27.3 Å². The molecule has 192 valence electrons. The fourth-order valence-electron chi connectivity index (χ4n) is 5.12. The first-order valence-corrected chi connectivity index (χ1v) is 12.4. The molecule has 35 heavy (non-hydrogen) atoms. The number of alkyl halides is 2. The summed E-state index contributed by atoms with van der Waals surface area (Å²) in [5.41, 5.74) is 1.37. The van der Waals surface area contributed by atoms with Crippen LogP contribution >= 0.6 is 0 Å². The van der Waals surface area contributed by atoms with E-state index in [-0.39, 0.29) is 61.1 Å². The highest BCUT2D eigenvalue weighted by molar-refractivity contribution is 5.98. The van der Waals surface area contributed by atoms with Gasteiger partial charge in [0.2, 0.25) is 17.7 Å². The molecule has 3 N–H and O–H groups in total. The molecule has 7 nitrogen and oxygen atoms in total. The SMILES string of the molecule is O=C1CCCC(=O)N1.O=C1NCc2c1ccc(C[C@H]1OCCC[C@@H]1NC1CCC(F)(F)CC1)c2F. The predicted molar refractivity (Wildman–Crippen MR) is 121 cm³/mol. The molecule has 0 radical (unpaired) electrons. The molecule has 3 amide bonds. The molecule has 3 fully saturated rings. The lowest BCUT2D eigenvalue weighted by Crippen LogP contribution is -2.51. The van der Waals surface area contributed by atoms with Gasteiger partial charge in [0.1, 0.15) is 5.82 Å². The van der Waals surface area contributed by atoms with E-state index in [1.807, 2.05) is 0 Å². The Kier molecular flexibility index (Phi) is 8.11. The third-order valence-corrected chi connectivity index (χ3v) is 7.11.